The monoisotopic (exact) mass is 419 g/mol. The zero-order chi connectivity index (χ0) is 20.9. The molecule has 0 spiro atoms. The topological polar surface area (TPSA) is 88.2 Å². The minimum Gasteiger partial charge on any atom is -0.497 e. The van der Waals surface area contributed by atoms with Gasteiger partial charge in [0.15, 0.2) is 6.61 Å². The van der Waals surface area contributed by atoms with E-state index in [0.29, 0.717) is 37.6 Å². The van der Waals surface area contributed by atoms with Crippen molar-refractivity contribution in [1.29, 1.82) is 0 Å². The van der Waals surface area contributed by atoms with Gasteiger partial charge in [-0.2, -0.15) is 4.31 Å². The maximum atomic E-state index is 12.1. The molecule has 0 bridgehead atoms. The van der Waals surface area contributed by atoms with Crippen LogP contribution in [0.2, 0.25) is 0 Å². The number of ether oxygens (including phenoxy) is 2. The molecular formula is C20H25N3O5S. The first-order valence-electron chi connectivity index (χ1n) is 9.22. The summed E-state index contributed by atoms with van der Waals surface area (Å²) in [7, 11) is -1.55. The summed E-state index contributed by atoms with van der Waals surface area (Å²) in [4.78, 5) is 14.2. The molecule has 8 nitrogen and oxygen atoms in total. The Hall–Kier alpha value is -2.78. The lowest BCUT2D eigenvalue weighted by Gasteiger charge is -2.34. The van der Waals surface area contributed by atoms with E-state index < -0.39 is 10.0 Å². The van der Waals surface area contributed by atoms with Crippen molar-refractivity contribution in [2.75, 3.05) is 56.4 Å². The van der Waals surface area contributed by atoms with Gasteiger partial charge in [0.05, 0.1) is 13.4 Å². The number of piperazine rings is 1. The number of rotatable bonds is 7. The Bertz CT molecular complexity index is 922. The van der Waals surface area contributed by atoms with Gasteiger partial charge < -0.3 is 19.7 Å². The van der Waals surface area contributed by atoms with E-state index in [0.717, 1.165) is 11.4 Å². The molecule has 3 rings (SSSR count). The van der Waals surface area contributed by atoms with Gasteiger partial charge in [0.25, 0.3) is 5.91 Å². The van der Waals surface area contributed by atoms with Crippen molar-refractivity contribution < 1.29 is 22.7 Å². The summed E-state index contributed by atoms with van der Waals surface area (Å²) in [5, 5.41) is 2.80. The number of methoxy groups -OCH3 is 1. The van der Waals surface area contributed by atoms with Gasteiger partial charge in [-0.25, -0.2) is 8.42 Å². The fraction of sp³-hybridized carbons (Fsp3) is 0.350. The van der Waals surface area contributed by atoms with Gasteiger partial charge in [0, 0.05) is 37.6 Å². The van der Waals surface area contributed by atoms with E-state index in [1.165, 1.54) is 10.6 Å². The number of anilines is 2. The summed E-state index contributed by atoms with van der Waals surface area (Å²) < 4.78 is 35.2. The van der Waals surface area contributed by atoms with Crippen LogP contribution in [-0.4, -0.2) is 64.8 Å². The second-order valence-corrected chi connectivity index (χ2v) is 8.69. The summed E-state index contributed by atoms with van der Waals surface area (Å²) in [6.07, 6.45) is 1.23. The van der Waals surface area contributed by atoms with E-state index in [1.54, 1.807) is 31.4 Å². The Kier molecular flexibility index (Phi) is 6.60. The van der Waals surface area contributed by atoms with Crippen LogP contribution in [0, 0.1) is 0 Å². The van der Waals surface area contributed by atoms with E-state index in [1.807, 2.05) is 24.3 Å². The van der Waals surface area contributed by atoms with Crippen molar-refractivity contribution in [2.24, 2.45) is 0 Å². The Morgan fingerprint density at radius 2 is 1.55 bits per heavy atom. The third-order valence-electron chi connectivity index (χ3n) is 4.65. The average molecular weight is 420 g/mol. The quantitative estimate of drug-likeness (QED) is 0.736. The molecule has 2 aromatic carbocycles. The van der Waals surface area contributed by atoms with Crippen LogP contribution < -0.4 is 19.7 Å². The van der Waals surface area contributed by atoms with Crippen LogP contribution in [0.25, 0.3) is 0 Å². The smallest absolute Gasteiger partial charge is 0.262 e. The second-order valence-electron chi connectivity index (χ2n) is 6.71. The fourth-order valence-corrected chi connectivity index (χ4v) is 3.88. The number of sulfonamides is 1. The van der Waals surface area contributed by atoms with E-state index in [-0.39, 0.29) is 12.5 Å². The number of carbonyl (C=O) groups excluding carboxylic acids is 1. The predicted octanol–water partition coefficient (Wildman–Crippen LogP) is 1.79. The van der Waals surface area contributed by atoms with Crippen LogP contribution in [0.5, 0.6) is 11.5 Å². The summed E-state index contributed by atoms with van der Waals surface area (Å²) in [5.41, 5.74) is 1.66. The first-order chi connectivity index (χ1) is 13.8. The molecule has 0 unspecified atom stereocenters. The lowest BCUT2D eigenvalue weighted by Crippen LogP contribution is -2.48. The highest BCUT2D eigenvalue weighted by Gasteiger charge is 2.23. The lowest BCUT2D eigenvalue weighted by atomic mass is 10.2. The predicted molar refractivity (Wildman–Crippen MR) is 112 cm³/mol. The maximum Gasteiger partial charge on any atom is 0.262 e. The highest BCUT2D eigenvalue weighted by atomic mass is 32.2. The summed E-state index contributed by atoms with van der Waals surface area (Å²) in [6.45, 7) is 2.12. The third-order valence-corrected chi connectivity index (χ3v) is 5.96. The van der Waals surface area contributed by atoms with Crippen LogP contribution >= 0.6 is 0 Å². The van der Waals surface area contributed by atoms with Crippen molar-refractivity contribution in [3.05, 3.63) is 48.5 Å². The van der Waals surface area contributed by atoms with Gasteiger partial charge in [-0.3, -0.25) is 4.79 Å². The van der Waals surface area contributed by atoms with E-state index in [9.17, 15) is 13.2 Å². The highest BCUT2D eigenvalue weighted by molar-refractivity contribution is 7.88. The molecule has 0 atom stereocenters. The van der Waals surface area contributed by atoms with Crippen molar-refractivity contribution in [3.63, 3.8) is 0 Å². The molecule has 1 N–H and O–H groups in total. The number of hydrogen-bond donors (Lipinski definition) is 1. The molecule has 29 heavy (non-hydrogen) atoms. The molecule has 1 fully saturated rings. The molecule has 9 heteroatoms. The normalized spacial score (nSPS) is 15.0. The zero-order valence-corrected chi connectivity index (χ0v) is 17.3. The number of nitrogens with zero attached hydrogens (tertiary/aromatic N) is 2. The first-order valence-corrected chi connectivity index (χ1v) is 11.1. The van der Waals surface area contributed by atoms with Crippen LogP contribution in [0.1, 0.15) is 0 Å². The number of amides is 1. The lowest BCUT2D eigenvalue weighted by molar-refractivity contribution is -0.118. The van der Waals surface area contributed by atoms with E-state index >= 15 is 0 Å². The molecule has 1 saturated heterocycles. The molecule has 156 valence electrons. The molecule has 0 saturated carbocycles. The largest absolute Gasteiger partial charge is 0.497 e. The second kappa shape index (κ2) is 9.15. The standard InChI is InChI=1S/C20H25N3O5S/c1-27-18-7-9-19(10-8-18)28-15-20(24)21-16-3-5-17(6-4-16)22-11-13-23(14-12-22)29(2,25)26/h3-10H,11-15H2,1-2H3,(H,21,24). The van der Waals surface area contributed by atoms with Gasteiger partial charge in [0.1, 0.15) is 11.5 Å². The first kappa shape index (κ1) is 20.9. The van der Waals surface area contributed by atoms with Gasteiger partial charge in [-0.15, -0.1) is 0 Å². The maximum absolute atomic E-state index is 12.1. The molecular weight excluding hydrogens is 394 g/mol. The summed E-state index contributed by atoms with van der Waals surface area (Å²) in [5.74, 6) is 1.06. The van der Waals surface area contributed by atoms with Crippen molar-refractivity contribution in [2.45, 2.75) is 0 Å². The van der Waals surface area contributed by atoms with Gasteiger partial charge in [0.2, 0.25) is 10.0 Å². The number of carbonyl (C=O) groups is 1. The molecule has 0 radical (unpaired) electrons. The highest BCUT2D eigenvalue weighted by Crippen LogP contribution is 2.21. The van der Waals surface area contributed by atoms with Gasteiger partial charge in [-0.05, 0) is 48.5 Å². The van der Waals surface area contributed by atoms with Crippen molar-refractivity contribution in [1.82, 2.24) is 4.31 Å². The van der Waals surface area contributed by atoms with Crippen LogP contribution in [0.15, 0.2) is 48.5 Å². The molecule has 1 aliphatic rings. The third kappa shape index (κ3) is 5.85. The molecule has 1 amide bonds. The SMILES string of the molecule is COc1ccc(OCC(=O)Nc2ccc(N3CCN(S(C)(=O)=O)CC3)cc2)cc1. The fourth-order valence-electron chi connectivity index (χ4n) is 3.05. The summed E-state index contributed by atoms with van der Waals surface area (Å²) >= 11 is 0. The molecule has 2 aromatic rings. The van der Waals surface area contributed by atoms with E-state index in [4.69, 9.17) is 9.47 Å². The van der Waals surface area contributed by atoms with Crippen LogP contribution in [0.3, 0.4) is 0 Å². The molecule has 1 heterocycles. The van der Waals surface area contributed by atoms with Crippen LogP contribution in [0.4, 0.5) is 11.4 Å². The van der Waals surface area contributed by atoms with Crippen molar-refractivity contribution in [3.8, 4) is 11.5 Å². The van der Waals surface area contributed by atoms with Crippen LogP contribution in [-0.2, 0) is 14.8 Å². The molecule has 1 aliphatic heterocycles. The number of nitrogens with one attached hydrogen (secondary N) is 1. The molecule has 0 aliphatic carbocycles. The molecule has 0 aromatic heterocycles. The Morgan fingerprint density at radius 3 is 2.10 bits per heavy atom. The Morgan fingerprint density at radius 1 is 0.966 bits per heavy atom. The number of hydrogen-bond acceptors (Lipinski definition) is 6. The Labute approximate surface area is 171 Å². The minimum atomic E-state index is -3.14. The Balaban J connectivity index is 1.48. The average Bonchev–Trinajstić information content (AvgIpc) is 2.73. The zero-order valence-electron chi connectivity index (χ0n) is 16.5. The van der Waals surface area contributed by atoms with E-state index in [2.05, 4.69) is 10.2 Å². The van der Waals surface area contributed by atoms with Crippen molar-refractivity contribution >= 4 is 27.3 Å². The van der Waals surface area contributed by atoms with Gasteiger partial charge >= 0.3 is 0 Å². The van der Waals surface area contributed by atoms with Gasteiger partial charge in [-0.1, -0.05) is 0 Å². The summed E-state index contributed by atoms with van der Waals surface area (Å²) in [6, 6.07) is 14.5. The minimum absolute atomic E-state index is 0.0957. The number of benzene rings is 2.